The van der Waals surface area contributed by atoms with Gasteiger partial charge in [0, 0.05) is 43.1 Å². The highest BCUT2D eigenvalue weighted by Gasteiger charge is 2.33. The summed E-state index contributed by atoms with van der Waals surface area (Å²) in [5.74, 6) is -2.17. The number of fused-ring (bicyclic) bond motifs is 3. The van der Waals surface area contributed by atoms with Crippen LogP contribution in [0.2, 0.25) is 0 Å². The Hall–Kier alpha value is -7.57. The molecular formula is C53H52FN9O7S. The van der Waals surface area contributed by atoms with E-state index >= 15 is 4.39 Å². The van der Waals surface area contributed by atoms with Gasteiger partial charge < -0.3 is 20.1 Å². The second kappa shape index (κ2) is 20.0. The number of pyridine rings is 1. The van der Waals surface area contributed by atoms with Crippen LogP contribution in [0.5, 0.6) is 5.75 Å². The van der Waals surface area contributed by atoms with Crippen LogP contribution in [0.15, 0.2) is 84.9 Å². The van der Waals surface area contributed by atoms with E-state index in [0.717, 1.165) is 65.7 Å². The van der Waals surface area contributed by atoms with E-state index < -0.39 is 23.6 Å². The molecule has 0 aliphatic carbocycles. The molecule has 10 rings (SSSR count). The van der Waals surface area contributed by atoms with Gasteiger partial charge in [-0.1, -0.05) is 47.7 Å². The molecule has 4 N–H and O–H groups in total. The van der Waals surface area contributed by atoms with E-state index in [4.69, 9.17) is 9.72 Å². The van der Waals surface area contributed by atoms with Crippen molar-refractivity contribution in [2.75, 3.05) is 48.3 Å². The lowest BCUT2D eigenvalue weighted by atomic mass is 9.92. The zero-order valence-corrected chi connectivity index (χ0v) is 40.1. The number of aryl methyl sites for hydroxylation is 1. The van der Waals surface area contributed by atoms with E-state index in [9.17, 15) is 29.1 Å². The maximum absolute atomic E-state index is 15.4. The van der Waals surface area contributed by atoms with Crippen LogP contribution >= 0.6 is 11.3 Å². The fraction of sp³-hybridized carbons (Fsp3) is 0.321. The quantitative estimate of drug-likeness (QED) is 0.0602. The summed E-state index contributed by atoms with van der Waals surface area (Å²) >= 11 is 1.42. The van der Waals surface area contributed by atoms with Gasteiger partial charge in [0.25, 0.3) is 5.91 Å². The number of likely N-dealkylation sites (tertiary alicyclic amines) is 1. The molecule has 0 bridgehead atoms. The van der Waals surface area contributed by atoms with Crippen molar-refractivity contribution < 1.29 is 38.2 Å². The van der Waals surface area contributed by atoms with Crippen LogP contribution in [-0.2, 0) is 34.4 Å². The Balaban J connectivity index is 0.714. The molecule has 3 aliphatic rings. The predicted octanol–water partition coefficient (Wildman–Crippen LogP) is 8.24. The first-order valence-corrected chi connectivity index (χ1v) is 24.7. The molecule has 0 radical (unpaired) electrons. The van der Waals surface area contributed by atoms with Crippen LogP contribution in [0.4, 0.5) is 21.0 Å². The molecule has 16 nitrogen and oxygen atoms in total. The number of imide groups is 1. The fourth-order valence-electron chi connectivity index (χ4n) is 10.1. The van der Waals surface area contributed by atoms with Crippen LogP contribution in [0.1, 0.15) is 87.7 Å². The molecule has 4 aromatic carbocycles. The zero-order chi connectivity index (χ0) is 49.3. The van der Waals surface area contributed by atoms with Crippen molar-refractivity contribution in [2.45, 2.75) is 64.3 Å². The highest BCUT2D eigenvalue weighted by Crippen LogP contribution is 2.36. The molecule has 71 heavy (non-hydrogen) atoms. The van der Waals surface area contributed by atoms with Crippen molar-refractivity contribution in [1.82, 2.24) is 30.0 Å². The van der Waals surface area contributed by atoms with Gasteiger partial charge in [-0.3, -0.25) is 39.4 Å². The second-order valence-corrected chi connectivity index (χ2v) is 19.5. The van der Waals surface area contributed by atoms with Gasteiger partial charge in [0.15, 0.2) is 10.8 Å². The Morgan fingerprint density at radius 2 is 1.73 bits per heavy atom. The van der Waals surface area contributed by atoms with Crippen molar-refractivity contribution in [3.63, 3.8) is 0 Å². The minimum atomic E-state index is -1.15. The van der Waals surface area contributed by atoms with Crippen LogP contribution in [0.25, 0.3) is 32.2 Å². The summed E-state index contributed by atoms with van der Waals surface area (Å²) in [6.07, 6.45) is 4.72. The van der Waals surface area contributed by atoms with Gasteiger partial charge in [0.1, 0.15) is 17.4 Å². The molecule has 3 aromatic heterocycles. The number of hydrogen-bond acceptors (Lipinski definition) is 12. The standard InChI is InChI=1S/C53H52FN9O7S/c1-30-33(34-15-17-45(57-49(34)52(68)69)63-24-21-32-9-5-11-35(38(32)28-63)50(66)59-53-56-40-12-3-4-14-44(40)71-53)10-6-13-43(30)70-25-7-8-31-19-22-62(23-20-31)29-47(65)55-41-27-42-37(26-39(41)54)48(60-61(42)2)36-16-18-46(64)58-51(36)67/h3-6,9-15,17,26-27,31,36H,7-8,16,18-25,28-29H2,1-2H3,(H,55,65)(H,68,69)(H,56,59,66)(H,58,64,67). The molecule has 2 fully saturated rings. The number of aromatic nitrogens is 4. The van der Waals surface area contributed by atoms with E-state index in [1.807, 2.05) is 72.5 Å². The molecule has 0 saturated carbocycles. The lowest BCUT2D eigenvalue weighted by Crippen LogP contribution is -2.39. The number of anilines is 3. The van der Waals surface area contributed by atoms with Gasteiger partial charge >= 0.3 is 5.97 Å². The lowest BCUT2D eigenvalue weighted by Gasteiger charge is -2.31. The third kappa shape index (κ3) is 9.94. The summed E-state index contributed by atoms with van der Waals surface area (Å²) in [6.45, 7) is 4.97. The number of thiazole rings is 1. The average Bonchev–Trinajstić information content (AvgIpc) is 3.92. The Bertz CT molecular complexity index is 3220. The number of aromatic carboxylic acids is 1. The predicted molar refractivity (Wildman–Crippen MR) is 268 cm³/mol. The number of carboxylic acids is 1. The largest absolute Gasteiger partial charge is 0.493 e. The van der Waals surface area contributed by atoms with Gasteiger partial charge in [0.05, 0.1) is 46.2 Å². The number of carbonyl (C=O) groups excluding carboxylic acids is 4. The number of rotatable bonds is 14. The molecular weight excluding hydrogens is 926 g/mol. The Morgan fingerprint density at radius 3 is 2.54 bits per heavy atom. The van der Waals surface area contributed by atoms with Crippen LogP contribution < -0.4 is 25.6 Å². The van der Waals surface area contributed by atoms with Crippen LogP contribution in [0.3, 0.4) is 0 Å². The smallest absolute Gasteiger partial charge is 0.355 e. The summed E-state index contributed by atoms with van der Waals surface area (Å²) < 4.78 is 24.2. The first-order valence-electron chi connectivity index (χ1n) is 23.9. The Morgan fingerprint density at radius 1 is 0.915 bits per heavy atom. The second-order valence-electron chi connectivity index (χ2n) is 18.5. The third-order valence-electron chi connectivity index (χ3n) is 13.9. The monoisotopic (exact) mass is 977 g/mol. The summed E-state index contributed by atoms with van der Waals surface area (Å²) in [7, 11) is 1.69. The summed E-state index contributed by atoms with van der Waals surface area (Å²) in [4.78, 5) is 77.1. The van der Waals surface area contributed by atoms with E-state index in [0.29, 0.717) is 88.4 Å². The van der Waals surface area contributed by atoms with Crippen molar-refractivity contribution >= 4 is 78.7 Å². The van der Waals surface area contributed by atoms with Gasteiger partial charge in [-0.25, -0.2) is 19.2 Å². The van der Waals surface area contributed by atoms with E-state index in [1.54, 1.807) is 23.9 Å². The number of halogens is 1. The first kappa shape index (κ1) is 47.1. The van der Waals surface area contributed by atoms with Crippen molar-refractivity contribution in [2.24, 2.45) is 13.0 Å². The number of carboxylic acid groups (broad SMARTS) is 1. The number of carbonyl (C=O) groups is 5. The van der Waals surface area contributed by atoms with E-state index in [2.05, 4.69) is 30.9 Å². The molecule has 7 aromatic rings. The number of amides is 4. The third-order valence-corrected chi connectivity index (χ3v) is 14.9. The summed E-state index contributed by atoms with van der Waals surface area (Å²) in [5, 5.41) is 24.0. The molecule has 2 saturated heterocycles. The summed E-state index contributed by atoms with van der Waals surface area (Å²) in [5.41, 5.74) is 6.23. The number of nitrogens with zero attached hydrogens (tertiary/aromatic N) is 6. The fourth-order valence-corrected chi connectivity index (χ4v) is 11.0. The van der Waals surface area contributed by atoms with Crippen LogP contribution in [-0.4, -0.2) is 92.1 Å². The molecule has 3 aliphatic heterocycles. The molecule has 1 atom stereocenters. The van der Waals surface area contributed by atoms with E-state index in [-0.39, 0.29) is 42.1 Å². The minimum absolute atomic E-state index is 0.0358. The van der Waals surface area contributed by atoms with Gasteiger partial charge in [0.2, 0.25) is 17.7 Å². The van der Waals surface area contributed by atoms with Gasteiger partial charge in [-0.2, -0.15) is 5.10 Å². The number of nitrogens with one attached hydrogen (secondary N) is 3. The summed E-state index contributed by atoms with van der Waals surface area (Å²) in [6, 6.07) is 25.5. The van der Waals surface area contributed by atoms with Crippen molar-refractivity contribution in [1.29, 1.82) is 0 Å². The number of ether oxygens (including phenoxy) is 1. The van der Waals surface area contributed by atoms with Crippen molar-refractivity contribution in [3.05, 3.63) is 124 Å². The van der Waals surface area contributed by atoms with Gasteiger partial charge in [-0.15, -0.1) is 0 Å². The molecule has 4 amide bonds. The molecule has 6 heterocycles. The highest BCUT2D eigenvalue weighted by molar-refractivity contribution is 7.22. The molecule has 364 valence electrons. The molecule has 1 unspecified atom stereocenters. The molecule has 0 spiro atoms. The average molecular weight is 978 g/mol. The zero-order valence-electron chi connectivity index (χ0n) is 39.3. The Kier molecular flexibility index (Phi) is 13.3. The normalized spacial score (nSPS) is 16.5. The first-order chi connectivity index (χ1) is 34.4. The highest BCUT2D eigenvalue weighted by atomic mass is 32.1. The number of hydrogen-bond donors (Lipinski definition) is 4. The minimum Gasteiger partial charge on any atom is -0.493 e. The van der Waals surface area contributed by atoms with E-state index in [1.165, 1.54) is 23.5 Å². The number of piperidine rings is 2. The Labute approximate surface area is 412 Å². The number of benzene rings is 4. The number of para-hydroxylation sites is 1. The van der Waals surface area contributed by atoms with Crippen molar-refractivity contribution in [3.8, 4) is 16.9 Å². The molecule has 18 heteroatoms. The maximum Gasteiger partial charge on any atom is 0.355 e. The lowest BCUT2D eigenvalue weighted by molar-refractivity contribution is -0.134. The van der Waals surface area contributed by atoms with Gasteiger partial charge in [-0.05, 0) is 135 Å². The topological polar surface area (TPSA) is 201 Å². The maximum atomic E-state index is 15.4. The van der Waals surface area contributed by atoms with Crippen LogP contribution in [0, 0.1) is 18.7 Å². The SMILES string of the molecule is Cc1c(OCCCC2CCN(CC(=O)Nc3cc4c(cc3F)c(C3CCC(=O)NC3=O)nn4C)CC2)cccc1-c1ccc(N2CCc3cccc(C(=O)Nc4nc5ccccc5s4)c3C2)nc1C(=O)O.